The van der Waals surface area contributed by atoms with E-state index in [1.807, 2.05) is 0 Å². The van der Waals surface area contributed by atoms with Crippen LogP contribution in [-0.2, 0) is 14.3 Å². The Balaban J connectivity index is 4.14. The third-order valence-corrected chi connectivity index (χ3v) is 0.780. The fourth-order valence-corrected chi connectivity index (χ4v) is 0.303. The molecule has 0 aliphatic heterocycles. The second kappa shape index (κ2) is 4.39. The maximum absolute atomic E-state index is 10.4. The number of carbonyl (C=O) groups excluding carboxylic acids is 1. The molecule has 54 valence electrons. The molecule has 0 aromatic carbocycles. The lowest BCUT2D eigenvalue weighted by Gasteiger charge is -1.93. The van der Waals surface area contributed by atoms with E-state index in [2.05, 4.69) is 9.47 Å². The zero-order chi connectivity index (χ0) is 7.98. The molecular formula is C6H7NO3. The molecule has 0 saturated heterocycles. The Hall–Kier alpha value is -1.50. The lowest BCUT2D eigenvalue weighted by Crippen LogP contribution is -1.97. The molecule has 0 amide bonds. The molecule has 0 unspecified atom stereocenters. The van der Waals surface area contributed by atoms with Gasteiger partial charge in [0.1, 0.15) is 6.07 Å². The number of esters is 1. The summed E-state index contributed by atoms with van der Waals surface area (Å²) in [6.45, 7) is 0. The Morgan fingerprint density at radius 3 is 2.40 bits per heavy atom. The minimum absolute atomic E-state index is 0.0631. The van der Waals surface area contributed by atoms with E-state index in [1.165, 1.54) is 14.2 Å². The Labute approximate surface area is 58.7 Å². The standard InChI is InChI=1S/C6H7NO3/c1-9-5(4-7)3-6(8)10-2/h3H,1-2H3/b5-3-. The van der Waals surface area contributed by atoms with Gasteiger partial charge in [0.15, 0.2) is 0 Å². The van der Waals surface area contributed by atoms with Crippen molar-refractivity contribution in [1.29, 1.82) is 5.26 Å². The summed E-state index contributed by atoms with van der Waals surface area (Å²) >= 11 is 0. The van der Waals surface area contributed by atoms with Crippen LogP contribution in [0.25, 0.3) is 0 Å². The van der Waals surface area contributed by atoms with E-state index in [9.17, 15) is 4.79 Å². The van der Waals surface area contributed by atoms with Gasteiger partial charge in [0.25, 0.3) is 0 Å². The van der Waals surface area contributed by atoms with Gasteiger partial charge in [0.2, 0.25) is 5.76 Å². The van der Waals surface area contributed by atoms with E-state index in [0.717, 1.165) is 6.08 Å². The molecule has 0 saturated carbocycles. The van der Waals surface area contributed by atoms with Crippen LogP contribution in [0.4, 0.5) is 0 Å². The number of allylic oxidation sites excluding steroid dienone is 1. The molecular weight excluding hydrogens is 134 g/mol. The van der Waals surface area contributed by atoms with Gasteiger partial charge in [-0.25, -0.2) is 4.79 Å². The predicted octanol–water partition coefficient (Wildman–Crippen LogP) is 0.213. The quantitative estimate of drug-likeness (QED) is 0.239. The van der Waals surface area contributed by atoms with Crippen molar-refractivity contribution in [2.45, 2.75) is 0 Å². The predicted molar refractivity (Wildman–Crippen MR) is 32.7 cm³/mol. The third-order valence-electron chi connectivity index (χ3n) is 0.780. The summed E-state index contributed by atoms with van der Waals surface area (Å²) in [5, 5.41) is 8.22. The SMILES string of the molecule is COC(=O)/C=C(/C#N)OC. The average molecular weight is 141 g/mol. The molecule has 0 heterocycles. The first kappa shape index (κ1) is 8.50. The van der Waals surface area contributed by atoms with Crippen LogP contribution in [0.3, 0.4) is 0 Å². The molecule has 0 spiro atoms. The van der Waals surface area contributed by atoms with E-state index < -0.39 is 5.97 Å². The van der Waals surface area contributed by atoms with Gasteiger partial charge in [-0.3, -0.25) is 0 Å². The highest BCUT2D eigenvalue weighted by molar-refractivity contribution is 5.82. The van der Waals surface area contributed by atoms with Crippen molar-refractivity contribution in [3.8, 4) is 6.07 Å². The van der Waals surface area contributed by atoms with Crippen LogP contribution in [0.15, 0.2) is 11.8 Å². The van der Waals surface area contributed by atoms with Crippen molar-refractivity contribution < 1.29 is 14.3 Å². The summed E-state index contributed by atoms with van der Waals surface area (Å²) in [7, 11) is 2.53. The Morgan fingerprint density at radius 2 is 2.10 bits per heavy atom. The van der Waals surface area contributed by atoms with E-state index in [4.69, 9.17) is 5.26 Å². The van der Waals surface area contributed by atoms with Gasteiger partial charge in [-0.15, -0.1) is 0 Å². The summed E-state index contributed by atoms with van der Waals surface area (Å²) in [6.07, 6.45) is 0.972. The Kier molecular flexibility index (Phi) is 3.73. The molecule has 0 aliphatic carbocycles. The average Bonchev–Trinajstić information content (AvgIpc) is 1.99. The topological polar surface area (TPSA) is 59.3 Å². The van der Waals surface area contributed by atoms with Crippen molar-refractivity contribution in [1.82, 2.24) is 0 Å². The van der Waals surface area contributed by atoms with Crippen LogP contribution in [0.1, 0.15) is 0 Å². The monoisotopic (exact) mass is 141 g/mol. The first-order valence-corrected chi connectivity index (χ1v) is 2.48. The molecule has 4 nitrogen and oxygen atoms in total. The first-order valence-electron chi connectivity index (χ1n) is 2.48. The number of hydrogen-bond donors (Lipinski definition) is 0. The summed E-state index contributed by atoms with van der Waals surface area (Å²) in [4.78, 5) is 10.4. The number of nitrogens with zero attached hydrogens (tertiary/aromatic N) is 1. The fourth-order valence-electron chi connectivity index (χ4n) is 0.303. The third kappa shape index (κ3) is 2.72. The van der Waals surface area contributed by atoms with Crippen molar-refractivity contribution in [2.24, 2.45) is 0 Å². The summed E-state index contributed by atoms with van der Waals surface area (Å²) in [6, 6.07) is 1.66. The summed E-state index contributed by atoms with van der Waals surface area (Å²) in [5.74, 6) is -0.662. The number of nitriles is 1. The minimum Gasteiger partial charge on any atom is -0.487 e. The van der Waals surface area contributed by atoms with Crippen molar-refractivity contribution in [3.05, 3.63) is 11.8 Å². The van der Waals surface area contributed by atoms with Gasteiger partial charge in [-0.1, -0.05) is 0 Å². The van der Waals surface area contributed by atoms with Crippen molar-refractivity contribution in [2.75, 3.05) is 14.2 Å². The Morgan fingerprint density at radius 1 is 1.50 bits per heavy atom. The minimum atomic E-state index is -0.599. The second-order valence-corrected chi connectivity index (χ2v) is 1.35. The maximum atomic E-state index is 10.4. The smallest absolute Gasteiger partial charge is 0.335 e. The summed E-state index contributed by atoms with van der Waals surface area (Å²) in [5.41, 5.74) is 0. The number of methoxy groups -OCH3 is 2. The van der Waals surface area contributed by atoms with E-state index in [1.54, 1.807) is 6.07 Å². The molecule has 0 bridgehead atoms. The van der Waals surface area contributed by atoms with E-state index >= 15 is 0 Å². The second-order valence-electron chi connectivity index (χ2n) is 1.35. The van der Waals surface area contributed by atoms with Crippen LogP contribution in [-0.4, -0.2) is 20.2 Å². The Bertz CT molecular complexity index is 190. The molecule has 0 fully saturated rings. The lowest BCUT2D eigenvalue weighted by molar-refractivity contribution is -0.135. The largest absolute Gasteiger partial charge is 0.487 e. The molecule has 4 heteroatoms. The number of carbonyl (C=O) groups is 1. The summed E-state index contributed by atoms with van der Waals surface area (Å²) < 4.78 is 8.71. The normalized spacial score (nSPS) is 9.90. The van der Waals surface area contributed by atoms with Crippen LogP contribution < -0.4 is 0 Å². The fraction of sp³-hybridized carbons (Fsp3) is 0.333. The van der Waals surface area contributed by atoms with Gasteiger partial charge in [-0.2, -0.15) is 5.26 Å². The highest BCUT2D eigenvalue weighted by Crippen LogP contribution is 1.91. The van der Waals surface area contributed by atoms with Crippen LogP contribution in [0.5, 0.6) is 0 Å². The number of rotatable bonds is 2. The molecule has 0 N–H and O–H groups in total. The number of ether oxygens (including phenoxy) is 2. The molecule has 0 aliphatic rings. The van der Waals surface area contributed by atoms with E-state index in [-0.39, 0.29) is 5.76 Å². The van der Waals surface area contributed by atoms with Crippen LogP contribution in [0, 0.1) is 11.3 Å². The zero-order valence-corrected chi connectivity index (χ0v) is 5.75. The first-order chi connectivity index (χ1) is 4.74. The maximum Gasteiger partial charge on any atom is 0.335 e. The highest BCUT2D eigenvalue weighted by Gasteiger charge is 1.98. The molecule has 0 aromatic heterocycles. The van der Waals surface area contributed by atoms with Gasteiger partial charge in [-0.05, 0) is 0 Å². The number of hydrogen-bond acceptors (Lipinski definition) is 4. The van der Waals surface area contributed by atoms with Gasteiger partial charge in [0.05, 0.1) is 20.3 Å². The van der Waals surface area contributed by atoms with Gasteiger partial charge >= 0.3 is 5.97 Å². The van der Waals surface area contributed by atoms with Gasteiger partial charge < -0.3 is 9.47 Å². The zero-order valence-electron chi connectivity index (χ0n) is 5.75. The van der Waals surface area contributed by atoms with Crippen LogP contribution >= 0.6 is 0 Å². The molecule has 0 radical (unpaired) electrons. The molecule has 0 aromatic rings. The lowest BCUT2D eigenvalue weighted by atomic mass is 10.5. The molecule has 10 heavy (non-hydrogen) atoms. The van der Waals surface area contributed by atoms with Crippen molar-refractivity contribution >= 4 is 5.97 Å². The van der Waals surface area contributed by atoms with Crippen molar-refractivity contribution in [3.63, 3.8) is 0 Å². The van der Waals surface area contributed by atoms with E-state index in [0.29, 0.717) is 0 Å². The van der Waals surface area contributed by atoms with Gasteiger partial charge in [0, 0.05) is 0 Å². The van der Waals surface area contributed by atoms with Crippen LogP contribution in [0.2, 0.25) is 0 Å². The molecule has 0 atom stereocenters. The molecule has 0 rings (SSSR count). The highest BCUT2D eigenvalue weighted by atomic mass is 16.5.